The summed E-state index contributed by atoms with van der Waals surface area (Å²) < 4.78 is 4.76. The third kappa shape index (κ3) is 1.58. The number of rotatable bonds is 1. The molecule has 0 saturated carbocycles. The van der Waals surface area contributed by atoms with Gasteiger partial charge in [-0.3, -0.25) is 4.42 Å². The minimum Gasteiger partial charge on any atom is -0.508 e. The van der Waals surface area contributed by atoms with E-state index in [1.54, 1.807) is 37.7 Å². The van der Waals surface area contributed by atoms with Crippen LogP contribution in [0, 0.1) is 0 Å². The van der Waals surface area contributed by atoms with Crippen molar-refractivity contribution in [1.29, 1.82) is 0 Å². The highest BCUT2D eigenvalue weighted by Gasteiger charge is 1.92. The van der Waals surface area contributed by atoms with Crippen LogP contribution in [-0.2, 0) is 0 Å². The number of phenolic OH excluding ortho intramolecular Hbond substituents is 1. The lowest BCUT2D eigenvalue weighted by atomic mass is 10.2. The fraction of sp³-hybridized carbons (Fsp3) is 0.125. The topological polar surface area (TPSA) is 31.5 Å². The lowest BCUT2D eigenvalue weighted by Crippen LogP contribution is -1.77. The molecular formula is C8H9O2+. The van der Waals surface area contributed by atoms with Crippen LogP contribution in [0.5, 0.6) is 5.75 Å². The Hall–Kier alpha value is -1.31. The molecular weight excluding hydrogens is 128 g/mol. The Morgan fingerprint density at radius 1 is 1.30 bits per heavy atom. The zero-order valence-electron chi connectivity index (χ0n) is 5.74. The first-order valence-electron chi connectivity index (χ1n) is 2.98. The quantitative estimate of drug-likeness (QED) is 0.460. The Bertz CT molecular complexity index is 224. The molecule has 1 aromatic carbocycles. The summed E-state index contributed by atoms with van der Waals surface area (Å²) in [6.45, 7) is 0. The minimum atomic E-state index is 0.272. The van der Waals surface area contributed by atoms with Gasteiger partial charge >= 0.3 is 6.29 Å². The third-order valence-electron chi connectivity index (χ3n) is 1.15. The molecule has 0 aliphatic rings. The number of hydrogen-bond donors (Lipinski definition) is 1. The maximum absolute atomic E-state index is 8.87. The van der Waals surface area contributed by atoms with Crippen molar-refractivity contribution in [1.82, 2.24) is 0 Å². The van der Waals surface area contributed by atoms with Crippen molar-refractivity contribution in [3.63, 3.8) is 0 Å². The molecule has 0 atom stereocenters. The van der Waals surface area contributed by atoms with Crippen molar-refractivity contribution in [2.75, 3.05) is 7.11 Å². The van der Waals surface area contributed by atoms with E-state index in [1.807, 2.05) is 0 Å². The average molecular weight is 137 g/mol. The number of aldehydes is 1. The normalized spacial score (nSPS) is 10.5. The van der Waals surface area contributed by atoms with E-state index in [4.69, 9.17) is 9.53 Å². The highest BCUT2D eigenvalue weighted by atomic mass is 16.4. The lowest BCUT2D eigenvalue weighted by Gasteiger charge is -1.87. The third-order valence-corrected chi connectivity index (χ3v) is 1.15. The van der Waals surface area contributed by atoms with Gasteiger partial charge in [0.2, 0.25) is 0 Å². The van der Waals surface area contributed by atoms with Crippen LogP contribution in [0.3, 0.4) is 0 Å². The second-order valence-electron chi connectivity index (χ2n) is 1.95. The van der Waals surface area contributed by atoms with Crippen LogP contribution in [0.2, 0.25) is 0 Å². The molecule has 0 aliphatic heterocycles. The van der Waals surface area contributed by atoms with Gasteiger partial charge in [-0.25, -0.2) is 0 Å². The van der Waals surface area contributed by atoms with Gasteiger partial charge in [0.05, 0.1) is 5.56 Å². The summed E-state index contributed by atoms with van der Waals surface area (Å²) in [6, 6.07) is 6.79. The molecule has 0 spiro atoms. The van der Waals surface area contributed by atoms with E-state index in [0.717, 1.165) is 5.56 Å². The number of phenols is 1. The molecule has 0 amide bonds. The van der Waals surface area contributed by atoms with Gasteiger partial charge in [-0.1, -0.05) is 0 Å². The van der Waals surface area contributed by atoms with Crippen molar-refractivity contribution >= 4 is 6.29 Å². The van der Waals surface area contributed by atoms with Crippen LogP contribution in [0.1, 0.15) is 9.99 Å². The van der Waals surface area contributed by atoms with Crippen LogP contribution in [0.15, 0.2) is 24.3 Å². The summed E-state index contributed by atoms with van der Waals surface area (Å²) in [5.41, 5.74) is 0.945. The number of carbonyl (C=O) groups excluding carboxylic acids is 1. The van der Waals surface area contributed by atoms with Gasteiger partial charge in [0.15, 0.2) is 0 Å². The van der Waals surface area contributed by atoms with Crippen LogP contribution in [0.25, 0.3) is 0 Å². The Labute approximate surface area is 59.4 Å². The highest BCUT2D eigenvalue weighted by Crippen LogP contribution is 2.07. The Balaban J connectivity index is 2.89. The van der Waals surface area contributed by atoms with Gasteiger partial charge in [-0.15, -0.1) is 0 Å². The molecule has 1 N–H and O–H groups in total. The molecule has 10 heavy (non-hydrogen) atoms. The standard InChI is InChI=1S/C8H8O2/c1-10-6-7-2-4-8(9)5-3-7/h2-6H,1H3/p+1. The van der Waals surface area contributed by atoms with E-state index in [1.165, 1.54) is 0 Å². The van der Waals surface area contributed by atoms with Gasteiger partial charge < -0.3 is 5.11 Å². The molecule has 1 rings (SSSR count). The first kappa shape index (κ1) is 6.81. The van der Waals surface area contributed by atoms with Crippen LogP contribution < -0.4 is 0 Å². The summed E-state index contributed by atoms with van der Waals surface area (Å²) >= 11 is 0. The zero-order chi connectivity index (χ0) is 7.40. The summed E-state index contributed by atoms with van der Waals surface area (Å²) in [5, 5.41) is 8.87. The molecule has 0 saturated heterocycles. The first-order chi connectivity index (χ1) is 4.83. The smallest absolute Gasteiger partial charge is 0.315 e. The van der Waals surface area contributed by atoms with Crippen LogP contribution in [-0.4, -0.2) is 18.5 Å². The van der Waals surface area contributed by atoms with Gasteiger partial charge in [-0.05, 0) is 24.3 Å². The van der Waals surface area contributed by atoms with Crippen LogP contribution in [0.4, 0.5) is 0 Å². The predicted molar refractivity (Wildman–Crippen MR) is 39.4 cm³/mol. The van der Waals surface area contributed by atoms with E-state index in [9.17, 15) is 0 Å². The highest BCUT2D eigenvalue weighted by molar-refractivity contribution is 5.75. The molecule has 1 aromatic rings. The van der Waals surface area contributed by atoms with Gasteiger partial charge in [0, 0.05) is 0 Å². The average Bonchev–Trinajstić information content (AvgIpc) is 1.95. The maximum atomic E-state index is 8.87. The molecule has 0 radical (unpaired) electrons. The van der Waals surface area contributed by atoms with Crippen molar-refractivity contribution < 1.29 is 9.53 Å². The Morgan fingerprint density at radius 3 is 2.40 bits per heavy atom. The zero-order valence-corrected chi connectivity index (χ0v) is 5.74. The first-order valence-corrected chi connectivity index (χ1v) is 2.98. The molecule has 2 nitrogen and oxygen atoms in total. The monoisotopic (exact) mass is 137 g/mol. The largest absolute Gasteiger partial charge is 0.508 e. The summed E-state index contributed by atoms with van der Waals surface area (Å²) in [4.78, 5) is 0. The Kier molecular flexibility index (Phi) is 2.05. The Morgan fingerprint density at radius 2 is 1.90 bits per heavy atom. The van der Waals surface area contributed by atoms with E-state index in [2.05, 4.69) is 0 Å². The molecule has 0 bridgehead atoms. The molecule has 2 heteroatoms. The second-order valence-corrected chi connectivity index (χ2v) is 1.95. The van der Waals surface area contributed by atoms with Crippen molar-refractivity contribution in [2.45, 2.75) is 0 Å². The van der Waals surface area contributed by atoms with E-state index >= 15 is 0 Å². The fourth-order valence-corrected chi connectivity index (χ4v) is 0.689. The predicted octanol–water partition coefficient (Wildman–Crippen LogP) is 1.37. The number of benzene rings is 1. The second kappa shape index (κ2) is 3.01. The lowest BCUT2D eigenvalue weighted by molar-refractivity contribution is -0.217. The molecule has 0 fully saturated rings. The fourth-order valence-electron chi connectivity index (χ4n) is 0.689. The number of hydrogen-bond acceptors (Lipinski definition) is 1. The molecule has 0 unspecified atom stereocenters. The van der Waals surface area contributed by atoms with Gasteiger partial charge in [0.25, 0.3) is 7.11 Å². The summed E-state index contributed by atoms with van der Waals surface area (Å²) in [7, 11) is 1.59. The van der Waals surface area contributed by atoms with Crippen molar-refractivity contribution in [3.8, 4) is 5.75 Å². The minimum absolute atomic E-state index is 0.272. The SMILES string of the molecule is C[O+]=Cc1ccc(O)cc1. The van der Waals surface area contributed by atoms with E-state index in [0.29, 0.717) is 0 Å². The van der Waals surface area contributed by atoms with Crippen LogP contribution >= 0.6 is 0 Å². The van der Waals surface area contributed by atoms with Crippen molar-refractivity contribution in [3.05, 3.63) is 29.8 Å². The summed E-state index contributed by atoms with van der Waals surface area (Å²) in [5.74, 6) is 0.272. The molecule has 0 aliphatic carbocycles. The van der Waals surface area contributed by atoms with E-state index < -0.39 is 0 Å². The summed E-state index contributed by atoms with van der Waals surface area (Å²) in [6.07, 6.45) is 1.61. The van der Waals surface area contributed by atoms with Crippen molar-refractivity contribution in [2.24, 2.45) is 0 Å². The maximum Gasteiger partial charge on any atom is 0.315 e. The molecule has 52 valence electrons. The molecule has 0 heterocycles. The van der Waals surface area contributed by atoms with Gasteiger partial charge in [-0.2, -0.15) is 0 Å². The van der Waals surface area contributed by atoms with Gasteiger partial charge in [0.1, 0.15) is 5.75 Å². The molecule has 0 aromatic heterocycles. The number of aromatic hydroxyl groups is 1. The van der Waals surface area contributed by atoms with E-state index in [-0.39, 0.29) is 5.75 Å².